The Hall–Kier alpha value is -1.39. The molecule has 0 radical (unpaired) electrons. The maximum Gasteiger partial charge on any atom is 1.00 e. The Balaban J connectivity index is 0.00000306. The number of aryl methyl sites for hydroxylation is 1. The SMILES string of the molecule is CC(=O)Nc1cc(S(=O)(=O)[O-])cc2cc(S(=O)(=O)[O-])c(N=Nc3cccc(C)c3C)c(O)c12.[Na+].[Na+]. The van der Waals surface area contributed by atoms with E-state index in [9.17, 15) is 35.8 Å². The summed E-state index contributed by atoms with van der Waals surface area (Å²) in [6.45, 7) is 4.66. The van der Waals surface area contributed by atoms with Crippen molar-refractivity contribution in [1.82, 2.24) is 0 Å². The molecule has 0 aliphatic carbocycles. The van der Waals surface area contributed by atoms with Crippen molar-refractivity contribution in [3.05, 3.63) is 47.5 Å². The van der Waals surface area contributed by atoms with E-state index in [4.69, 9.17) is 0 Å². The van der Waals surface area contributed by atoms with E-state index >= 15 is 0 Å². The number of phenols is 1. The number of carbonyl (C=O) groups is 1. The number of rotatable bonds is 5. The van der Waals surface area contributed by atoms with E-state index in [-0.39, 0.29) is 75.6 Å². The number of benzene rings is 3. The number of nitrogens with one attached hydrogen (secondary N) is 1. The number of nitrogens with zero attached hydrogens (tertiary/aromatic N) is 2. The Morgan fingerprint density at radius 2 is 1.60 bits per heavy atom. The van der Waals surface area contributed by atoms with Crippen LogP contribution in [0.5, 0.6) is 5.75 Å². The van der Waals surface area contributed by atoms with Crippen molar-refractivity contribution in [3.8, 4) is 5.75 Å². The monoisotopic (exact) mass is 537 g/mol. The van der Waals surface area contributed by atoms with Crippen molar-refractivity contribution in [2.45, 2.75) is 30.6 Å². The molecule has 0 saturated carbocycles. The van der Waals surface area contributed by atoms with Gasteiger partial charge in [-0.2, -0.15) is 5.11 Å². The van der Waals surface area contributed by atoms with Crippen molar-refractivity contribution >= 4 is 54.0 Å². The Bertz CT molecular complexity index is 1560. The quantitative estimate of drug-likeness (QED) is 0.201. The summed E-state index contributed by atoms with van der Waals surface area (Å²) in [6, 6.07) is 7.43. The molecule has 0 heterocycles. The molecule has 0 aromatic heterocycles. The molecule has 0 aliphatic heterocycles. The minimum Gasteiger partial charge on any atom is -0.744 e. The Morgan fingerprint density at radius 1 is 0.971 bits per heavy atom. The number of aromatic hydroxyl groups is 1. The van der Waals surface area contributed by atoms with Gasteiger partial charge in [-0.15, -0.1) is 5.11 Å². The number of anilines is 1. The summed E-state index contributed by atoms with van der Waals surface area (Å²) >= 11 is 0. The van der Waals surface area contributed by atoms with Crippen molar-refractivity contribution in [2.24, 2.45) is 10.2 Å². The molecule has 2 N–H and O–H groups in total. The average Bonchev–Trinajstić information content (AvgIpc) is 2.67. The van der Waals surface area contributed by atoms with Crippen LogP contribution in [0.15, 0.2) is 56.4 Å². The zero-order valence-corrected chi connectivity index (χ0v) is 25.1. The van der Waals surface area contributed by atoms with Gasteiger partial charge in [0.2, 0.25) is 5.91 Å². The van der Waals surface area contributed by atoms with E-state index in [1.165, 1.54) is 0 Å². The van der Waals surface area contributed by atoms with Crippen LogP contribution in [0.4, 0.5) is 17.1 Å². The summed E-state index contributed by atoms with van der Waals surface area (Å²) in [4.78, 5) is 9.81. The Morgan fingerprint density at radius 3 is 2.14 bits per heavy atom. The number of amides is 1. The molecule has 0 unspecified atom stereocenters. The number of fused-ring (bicyclic) bond motifs is 1. The van der Waals surface area contributed by atoms with Crippen LogP contribution in [-0.4, -0.2) is 37.0 Å². The molecule has 1 amide bonds. The van der Waals surface area contributed by atoms with Gasteiger partial charge in [-0.05, 0) is 54.6 Å². The number of carbonyl (C=O) groups excluding carboxylic acids is 1. The van der Waals surface area contributed by atoms with Gasteiger partial charge in [-0.25, -0.2) is 16.8 Å². The smallest absolute Gasteiger partial charge is 0.744 e. The standard InChI is InChI=1S/C20H19N3O8S2.2Na/c1-10-5-4-6-15(11(10)2)22-23-19-17(33(29,30)31)8-13-7-14(32(26,27)28)9-16(21-12(3)24)18(13)20(19)25;;/h4-9,25H,1-3H3,(H,21,24)(H,26,27,28)(H,29,30,31);;/q;2*+1/p-2. The summed E-state index contributed by atoms with van der Waals surface area (Å²) < 4.78 is 70.3. The summed E-state index contributed by atoms with van der Waals surface area (Å²) in [5, 5.41) is 20.3. The van der Waals surface area contributed by atoms with E-state index in [0.717, 1.165) is 36.2 Å². The summed E-state index contributed by atoms with van der Waals surface area (Å²) in [6.07, 6.45) is 0. The van der Waals surface area contributed by atoms with Crippen LogP contribution in [-0.2, 0) is 25.0 Å². The third-order valence-electron chi connectivity index (χ3n) is 4.83. The summed E-state index contributed by atoms with van der Waals surface area (Å²) in [7, 11) is -10.3. The molecule has 0 bridgehead atoms. The predicted molar refractivity (Wildman–Crippen MR) is 116 cm³/mol. The van der Waals surface area contributed by atoms with Crippen molar-refractivity contribution in [2.75, 3.05) is 5.32 Å². The topological polar surface area (TPSA) is 188 Å². The molecule has 3 aromatic carbocycles. The minimum atomic E-state index is -5.23. The fourth-order valence-electron chi connectivity index (χ4n) is 3.13. The molecular weight excluding hydrogens is 520 g/mol. The van der Waals surface area contributed by atoms with Crippen LogP contribution in [0.2, 0.25) is 0 Å². The van der Waals surface area contributed by atoms with Gasteiger partial charge in [0.15, 0.2) is 5.75 Å². The van der Waals surface area contributed by atoms with Crippen LogP contribution in [0.1, 0.15) is 18.1 Å². The largest absolute Gasteiger partial charge is 1.00 e. The first-order valence-corrected chi connectivity index (χ1v) is 12.0. The van der Waals surface area contributed by atoms with Gasteiger partial charge in [-0.3, -0.25) is 4.79 Å². The van der Waals surface area contributed by atoms with E-state index in [1.54, 1.807) is 19.1 Å². The van der Waals surface area contributed by atoms with Crippen molar-refractivity contribution in [1.29, 1.82) is 0 Å². The normalized spacial score (nSPS) is 11.7. The van der Waals surface area contributed by atoms with E-state index in [0.29, 0.717) is 5.69 Å². The third kappa shape index (κ3) is 7.10. The van der Waals surface area contributed by atoms with E-state index in [1.807, 2.05) is 13.0 Å². The van der Waals surface area contributed by atoms with Crippen LogP contribution in [0.25, 0.3) is 10.8 Å². The number of azo groups is 1. The van der Waals surface area contributed by atoms with E-state index < -0.39 is 47.4 Å². The molecule has 0 saturated heterocycles. The first kappa shape index (κ1) is 31.6. The predicted octanol–water partition coefficient (Wildman–Crippen LogP) is -2.65. The minimum absolute atomic E-state index is 0. The van der Waals surface area contributed by atoms with Gasteiger partial charge in [-0.1, -0.05) is 12.1 Å². The molecule has 3 rings (SSSR count). The zero-order valence-electron chi connectivity index (χ0n) is 19.5. The van der Waals surface area contributed by atoms with Crippen LogP contribution < -0.4 is 64.4 Å². The van der Waals surface area contributed by atoms with Gasteiger partial charge < -0.3 is 19.5 Å². The number of hydrogen-bond donors (Lipinski definition) is 2. The van der Waals surface area contributed by atoms with Gasteiger partial charge in [0, 0.05) is 12.3 Å². The van der Waals surface area contributed by atoms with Crippen LogP contribution in [0, 0.1) is 13.8 Å². The van der Waals surface area contributed by atoms with Crippen LogP contribution in [0.3, 0.4) is 0 Å². The maximum atomic E-state index is 11.9. The maximum absolute atomic E-state index is 11.9. The molecule has 0 aliphatic rings. The molecule has 3 aromatic rings. The Kier molecular flexibility index (Phi) is 10.6. The molecule has 0 fully saturated rings. The van der Waals surface area contributed by atoms with Crippen molar-refractivity contribution in [3.63, 3.8) is 0 Å². The Labute approximate surface area is 246 Å². The second-order valence-electron chi connectivity index (χ2n) is 7.15. The molecule has 11 nitrogen and oxygen atoms in total. The average molecular weight is 537 g/mol. The second-order valence-corrected chi connectivity index (χ2v) is 9.88. The fourth-order valence-corrected chi connectivity index (χ4v) is 4.31. The molecule has 174 valence electrons. The second kappa shape index (κ2) is 11.8. The van der Waals surface area contributed by atoms with Gasteiger partial charge in [0.25, 0.3) is 0 Å². The first-order chi connectivity index (χ1) is 15.2. The first-order valence-electron chi connectivity index (χ1n) is 9.21. The molecule has 0 spiro atoms. The van der Waals surface area contributed by atoms with Gasteiger partial charge in [0.1, 0.15) is 25.9 Å². The van der Waals surface area contributed by atoms with Crippen LogP contribution >= 0.6 is 0 Å². The molecule has 0 atom stereocenters. The molecule has 15 heteroatoms. The number of phenolic OH excluding ortho intramolecular Hbond substituents is 1. The van der Waals surface area contributed by atoms with E-state index in [2.05, 4.69) is 15.5 Å². The fraction of sp³-hybridized carbons (Fsp3) is 0.150. The van der Waals surface area contributed by atoms with Crippen molar-refractivity contribution < 1.29 is 95.0 Å². The summed E-state index contributed by atoms with van der Waals surface area (Å²) in [5.41, 5.74) is 0.925. The summed E-state index contributed by atoms with van der Waals surface area (Å²) in [5.74, 6) is -1.52. The molecular formula is C20H17N3Na2O8S2. The third-order valence-corrected chi connectivity index (χ3v) is 6.49. The number of hydrogen-bond acceptors (Lipinski definition) is 10. The zero-order chi connectivity index (χ0) is 24.7. The molecule has 35 heavy (non-hydrogen) atoms. The van der Waals surface area contributed by atoms with Gasteiger partial charge in [0.05, 0.1) is 21.2 Å². The van der Waals surface area contributed by atoms with Gasteiger partial charge >= 0.3 is 59.1 Å².